The van der Waals surface area contributed by atoms with Crippen LogP contribution in [0.4, 0.5) is 4.79 Å². The van der Waals surface area contributed by atoms with E-state index in [0.717, 1.165) is 19.0 Å². The highest BCUT2D eigenvalue weighted by atomic mass is 16.6. The first-order valence-electron chi connectivity index (χ1n) is 7.69. The van der Waals surface area contributed by atoms with E-state index in [1.54, 1.807) is 20.8 Å². The zero-order chi connectivity index (χ0) is 15.6. The molecule has 0 radical (unpaired) electrons. The van der Waals surface area contributed by atoms with Crippen LogP contribution >= 0.6 is 0 Å². The third kappa shape index (κ3) is 5.19. The van der Waals surface area contributed by atoms with Crippen molar-refractivity contribution in [3.8, 4) is 0 Å². The highest BCUT2D eigenvalue weighted by Gasteiger charge is 2.37. The number of carboxylic acids is 1. The number of carbonyl (C=O) groups is 2. The number of nitrogens with one attached hydrogen (secondary N) is 1. The zero-order valence-corrected chi connectivity index (χ0v) is 13.1. The van der Waals surface area contributed by atoms with Crippen molar-refractivity contribution in [3.05, 3.63) is 0 Å². The Labute approximate surface area is 125 Å². The molecule has 6 heteroatoms. The number of likely N-dealkylation sites (tertiary alicyclic amines) is 1. The first-order valence-corrected chi connectivity index (χ1v) is 7.69. The molecule has 1 aliphatic carbocycles. The van der Waals surface area contributed by atoms with Gasteiger partial charge in [0.25, 0.3) is 0 Å². The maximum absolute atomic E-state index is 11.8. The fourth-order valence-electron chi connectivity index (χ4n) is 2.73. The molecular weight excluding hydrogens is 272 g/mol. The molecular formula is C15H26N2O4. The van der Waals surface area contributed by atoms with Crippen LogP contribution in [0.1, 0.15) is 40.0 Å². The molecule has 6 nitrogen and oxygen atoms in total. The Balaban J connectivity index is 1.88. The summed E-state index contributed by atoms with van der Waals surface area (Å²) < 4.78 is 5.21. The number of alkyl carbamates (subject to hydrolysis) is 1. The van der Waals surface area contributed by atoms with Gasteiger partial charge in [-0.25, -0.2) is 4.79 Å². The fourth-order valence-corrected chi connectivity index (χ4v) is 2.73. The van der Waals surface area contributed by atoms with Crippen molar-refractivity contribution in [3.63, 3.8) is 0 Å². The Morgan fingerprint density at radius 1 is 1.29 bits per heavy atom. The zero-order valence-electron chi connectivity index (χ0n) is 13.1. The van der Waals surface area contributed by atoms with Gasteiger partial charge < -0.3 is 20.1 Å². The standard InChI is InChI=1S/C15H26N2O4/c1-15(2,3)21-14(20)16-12-6-7-17(8-10-4-5-10)9-11(12)13(18)19/h10-12H,4-9H2,1-3H3,(H,16,20)(H,18,19)/t11-,12-/m1/s1. The number of aliphatic carboxylic acids is 1. The number of hydrogen-bond acceptors (Lipinski definition) is 4. The van der Waals surface area contributed by atoms with Crippen LogP contribution in [0.25, 0.3) is 0 Å². The van der Waals surface area contributed by atoms with Crippen LogP contribution in [0, 0.1) is 11.8 Å². The molecule has 1 saturated heterocycles. The largest absolute Gasteiger partial charge is 0.481 e. The number of carbonyl (C=O) groups excluding carboxylic acids is 1. The van der Waals surface area contributed by atoms with Crippen molar-refractivity contribution < 1.29 is 19.4 Å². The van der Waals surface area contributed by atoms with Crippen molar-refractivity contribution >= 4 is 12.1 Å². The van der Waals surface area contributed by atoms with Gasteiger partial charge in [-0.15, -0.1) is 0 Å². The second-order valence-corrected chi connectivity index (χ2v) is 7.19. The SMILES string of the molecule is CC(C)(C)OC(=O)N[C@@H]1CCN(CC2CC2)C[C@H]1C(=O)O. The molecule has 1 heterocycles. The van der Waals surface area contributed by atoms with E-state index in [1.165, 1.54) is 12.8 Å². The molecule has 2 N–H and O–H groups in total. The van der Waals surface area contributed by atoms with Crippen LogP contribution in [0.3, 0.4) is 0 Å². The molecule has 0 bridgehead atoms. The van der Waals surface area contributed by atoms with E-state index in [9.17, 15) is 14.7 Å². The highest BCUT2D eigenvalue weighted by molar-refractivity contribution is 5.74. The van der Waals surface area contributed by atoms with Crippen molar-refractivity contribution in [2.24, 2.45) is 11.8 Å². The van der Waals surface area contributed by atoms with Crippen LogP contribution in [0.2, 0.25) is 0 Å². The van der Waals surface area contributed by atoms with Crippen LogP contribution < -0.4 is 5.32 Å². The van der Waals surface area contributed by atoms with Gasteiger partial charge in [-0.3, -0.25) is 4.79 Å². The predicted octanol–water partition coefficient (Wildman–Crippen LogP) is 1.70. The molecule has 21 heavy (non-hydrogen) atoms. The van der Waals surface area contributed by atoms with E-state index in [0.29, 0.717) is 13.0 Å². The van der Waals surface area contributed by atoms with E-state index >= 15 is 0 Å². The Bertz CT molecular complexity index is 401. The molecule has 0 spiro atoms. The van der Waals surface area contributed by atoms with E-state index in [-0.39, 0.29) is 6.04 Å². The number of amides is 1. The number of nitrogens with zero attached hydrogens (tertiary/aromatic N) is 1. The summed E-state index contributed by atoms with van der Waals surface area (Å²) >= 11 is 0. The molecule has 2 fully saturated rings. The van der Waals surface area contributed by atoms with Gasteiger partial charge in [0.15, 0.2) is 0 Å². The second-order valence-electron chi connectivity index (χ2n) is 7.19. The van der Waals surface area contributed by atoms with E-state index in [4.69, 9.17) is 4.74 Å². The molecule has 0 aromatic rings. The topological polar surface area (TPSA) is 78.9 Å². The molecule has 2 atom stereocenters. The summed E-state index contributed by atoms with van der Waals surface area (Å²) in [6.45, 7) is 7.70. The van der Waals surface area contributed by atoms with E-state index in [1.807, 2.05) is 0 Å². The minimum absolute atomic E-state index is 0.354. The Hall–Kier alpha value is -1.30. The van der Waals surface area contributed by atoms with Gasteiger partial charge in [0.1, 0.15) is 5.60 Å². The Morgan fingerprint density at radius 3 is 2.48 bits per heavy atom. The molecule has 120 valence electrons. The summed E-state index contributed by atoms with van der Waals surface area (Å²) in [5.74, 6) is -0.670. The first kappa shape index (κ1) is 16.1. The number of ether oxygens (including phenoxy) is 1. The average molecular weight is 298 g/mol. The summed E-state index contributed by atoms with van der Waals surface area (Å²) in [5.41, 5.74) is -0.574. The normalized spacial score (nSPS) is 27.2. The van der Waals surface area contributed by atoms with Gasteiger partial charge in [-0.1, -0.05) is 0 Å². The van der Waals surface area contributed by atoms with E-state index in [2.05, 4.69) is 10.2 Å². The van der Waals surface area contributed by atoms with Gasteiger partial charge >= 0.3 is 12.1 Å². The second kappa shape index (κ2) is 6.22. The van der Waals surface area contributed by atoms with Gasteiger partial charge in [-0.05, 0) is 46.0 Å². The lowest BCUT2D eigenvalue weighted by molar-refractivity contribution is -0.144. The lowest BCUT2D eigenvalue weighted by atomic mass is 9.92. The van der Waals surface area contributed by atoms with Gasteiger partial charge in [0, 0.05) is 25.7 Å². The number of rotatable bonds is 4. The van der Waals surface area contributed by atoms with Crippen LogP contribution in [0.5, 0.6) is 0 Å². The van der Waals surface area contributed by atoms with Gasteiger partial charge in [-0.2, -0.15) is 0 Å². The molecule has 2 rings (SSSR count). The smallest absolute Gasteiger partial charge is 0.407 e. The van der Waals surface area contributed by atoms with Crippen LogP contribution in [0.15, 0.2) is 0 Å². The van der Waals surface area contributed by atoms with Crippen molar-refractivity contribution in [1.82, 2.24) is 10.2 Å². The molecule has 0 aromatic heterocycles. The monoisotopic (exact) mass is 298 g/mol. The maximum atomic E-state index is 11.8. The minimum atomic E-state index is -0.850. The molecule has 2 aliphatic rings. The van der Waals surface area contributed by atoms with Crippen molar-refractivity contribution in [1.29, 1.82) is 0 Å². The maximum Gasteiger partial charge on any atom is 0.407 e. The molecule has 1 saturated carbocycles. The van der Waals surface area contributed by atoms with Gasteiger partial charge in [0.05, 0.1) is 5.92 Å². The summed E-state index contributed by atoms with van der Waals surface area (Å²) in [6, 6.07) is -0.354. The summed E-state index contributed by atoms with van der Waals surface area (Å²) in [7, 11) is 0. The molecule has 1 aliphatic heterocycles. The molecule has 0 aromatic carbocycles. The van der Waals surface area contributed by atoms with Gasteiger partial charge in [0.2, 0.25) is 0 Å². The summed E-state index contributed by atoms with van der Waals surface area (Å²) in [6.07, 6.45) is 2.64. The summed E-state index contributed by atoms with van der Waals surface area (Å²) in [5, 5.41) is 12.1. The number of piperidine rings is 1. The third-order valence-corrected chi connectivity index (χ3v) is 3.93. The third-order valence-electron chi connectivity index (χ3n) is 3.93. The summed E-state index contributed by atoms with van der Waals surface area (Å²) in [4.78, 5) is 25.5. The fraction of sp³-hybridized carbons (Fsp3) is 0.867. The molecule has 1 amide bonds. The molecule has 0 unspecified atom stereocenters. The highest BCUT2D eigenvalue weighted by Crippen LogP contribution is 2.31. The van der Waals surface area contributed by atoms with Crippen LogP contribution in [-0.4, -0.2) is 53.3 Å². The first-order chi connectivity index (χ1) is 9.74. The number of carboxylic acid groups (broad SMARTS) is 1. The Kier molecular flexibility index (Phi) is 4.76. The van der Waals surface area contributed by atoms with E-state index < -0.39 is 23.6 Å². The Morgan fingerprint density at radius 2 is 1.95 bits per heavy atom. The van der Waals surface area contributed by atoms with Crippen molar-refractivity contribution in [2.75, 3.05) is 19.6 Å². The average Bonchev–Trinajstić information content (AvgIpc) is 3.12. The lowest BCUT2D eigenvalue weighted by Crippen LogP contribution is -2.54. The lowest BCUT2D eigenvalue weighted by Gasteiger charge is -2.37. The van der Waals surface area contributed by atoms with Crippen molar-refractivity contribution in [2.45, 2.75) is 51.7 Å². The number of hydrogen-bond donors (Lipinski definition) is 2. The minimum Gasteiger partial charge on any atom is -0.481 e. The quantitative estimate of drug-likeness (QED) is 0.826. The van der Waals surface area contributed by atoms with Crippen LogP contribution in [-0.2, 0) is 9.53 Å². The predicted molar refractivity (Wildman–Crippen MR) is 78.1 cm³/mol.